The van der Waals surface area contributed by atoms with E-state index in [0.717, 1.165) is 54.0 Å². The number of carbonyl (C=O) groups excluding carboxylic acids is 2. The quantitative estimate of drug-likeness (QED) is 0.214. The summed E-state index contributed by atoms with van der Waals surface area (Å²) >= 11 is 0. The molecule has 3 heterocycles. The van der Waals surface area contributed by atoms with E-state index in [-0.39, 0.29) is 29.1 Å². The van der Waals surface area contributed by atoms with E-state index < -0.39 is 0 Å². The molecule has 1 aliphatic rings. The molecular formula is C33H39N5O3. The van der Waals surface area contributed by atoms with E-state index in [4.69, 9.17) is 9.52 Å². The summed E-state index contributed by atoms with van der Waals surface area (Å²) in [6.07, 6.45) is 3.36. The molecule has 0 saturated carbocycles. The molecule has 0 radical (unpaired) electrons. The second kappa shape index (κ2) is 11.7. The Labute approximate surface area is 241 Å². The van der Waals surface area contributed by atoms with Gasteiger partial charge >= 0.3 is 6.03 Å². The van der Waals surface area contributed by atoms with Gasteiger partial charge in [0.15, 0.2) is 5.76 Å². The van der Waals surface area contributed by atoms with Crippen molar-refractivity contribution in [3.05, 3.63) is 95.1 Å². The second-order valence-electron chi connectivity index (χ2n) is 12.0. The number of hydrogen-bond donors (Lipinski definition) is 3. The number of furan rings is 1. The molecule has 2 amide bonds. The number of urea groups is 1. The Morgan fingerprint density at radius 2 is 1.73 bits per heavy atom. The van der Waals surface area contributed by atoms with Gasteiger partial charge in [-0.1, -0.05) is 50.6 Å². The van der Waals surface area contributed by atoms with Crippen molar-refractivity contribution in [2.45, 2.75) is 58.8 Å². The minimum atomic E-state index is -0.387. The molecule has 5 rings (SSSR count). The van der Waals surface area contributed by atoms with E-state index in [2.05, 4.69) is 36.7 Å². The van der Waals surface area contributed by atoms with E-state index in [1.54, 1.807) is 10.9 Å². The fourth-order valence-electron chi connectivity index (χ4n) is 5.39. The van der Waals surface area contributed by atoms with Crippen molar-refractivity contribution in [1.29, 1.82) is 0 Å². The van der Waals surface area contributed by atoms with Gasteiger partial charge in [-0.2, -0.15) is 5.10 Å². The molecule has 1 fully saturated rings. The SMILES string of the molecule is Cc1ccc(-n2nc(C(C)(C)C)cc2NC(=O)Nc2cccc(C(C(=O)c3occc3C)C3CCNCC3)c2)cc1. The normalized spacial score (nSPS) is 15.0. The summed E-state index contributed by atoms with van der Waals surface area (Å²) in [5.74, 6) is 0.783. The first-order chi connectivity index (χ1) is 19.6. The van der Waals surface area contributed by atoms with Crippen molar-refractivity contribution in [3.8, 4) is 5.69 Å². The number of aryl methyl sites for hydroxylation is 2. The van der Waals surface area contributed by atoms with Crippen molar-refractivity contribution in [2.24, 2.45) is 5.92 Å². The monoisotopic (exact) mass is 553 g/mol. The van der Waals surface area contributed by atoms with Crippen LogP contribution in [0.4, 0.5) is 16.3 Å². The highest BCUT2D eigenvalue weighted by molar-refractivity contribution is 6.01. The number of nitrogens with one attached hydrogen (secondary N) is 3. The molecule has 1 saturated heterocycles. The Kier molecular flexibility index (Phi) is 8.13. The van der Waals surface area contributed by atoms with Gasteiger partial charge in [-0.25, -0.2) is 9.48 Å². The Morgan fingerprint density at radius 1 is 1.00 bits per heavy atom. The van der Waals surface area contributed by atoms with Gasteiger partial charge in [0, 0.05) is 17.2 Å². The predicted molar refractivity (Wildman–Crippen MR) is 162 cm³/mol. The van der Waals surface area contributed by atoms with Crippen molar-refractivity contribution < 1.29 is 14.0 Å². The highest BCUT2D eigenvalue weighted by atomic mass is 16.3. The number of Topliss-reactive ketones (excluding diaryl/α,β-unsaturated/α-hetero) is 1. The molecule has 1 aliphatic heterocycles. The molecule has 4 aromatic rings. The average Bonchev–Trinajstić information content (AvgIpc) is 3.56. The Hall–Kier alpha value is -4.17. The first-order valence-electron chi connectivity index (χ1n) is 14.2. The Balaban J connectivity index is 1.40. The van der Waals surface area contributed by atoms with Gasteiger partial charge in [-0.05, 0) is 87.2 Å². The lowest BCUT2D eigenvalue weighted by atomic mass is 9.77. The lowest BCUT2D eigenvalue weighted by molar-refractivity contribution is 0.0887. The summed E-state index contributed by atoms with van der Waals surface area (Å²) in [6, 6.07) is 18.9. The van der Waals surface area contributed by atoms with Gasteiger partial charge in [0.25, 0.3) is 0 Å². The number of amides is 2. The second-order valence-corrected chi connectivity index (χ2v) is 12.0. The third-order valence-electron chi connectivity index (χ3n) is 7.73. The standard InChI is InChI=1S/C33H39N5O3/c1-21-9-11-26(12-10-21)38-28(20-27(37-38)33(3,4)5)36-32(40)35-25-8-6-7-24(19-25)29(23-13-16-34-17-14-23)30(39)31-22(2)15-18-41-31/h6-12,15,18-20,23,29,34H,13-14,16-17H2,1-5H3,(H2,35,36,40). The summed E-state index contributed by atoms with van der Waals surface area (Å²) in [5.41, 5.74) is 5.00. The summed E-state index contributed by atoms with van der Waals surface area (Å²) < 4.78 is 7.36. The topological polar surface area (TPSA) is 101 Å². The largest absolute Gasteiger partial charge is 0.461 e. The minimum Gasteiger partial charge on any atom is -0.461 e. The maximum atomic E-state index is 13.8. The van der Waals surface area contributed by atoms with Gasteiger partial charge in [0.05, 0.1) is 23.6 Å². The highest BCUT2D eigenvalue weighted by Gasteiger charge is 2.34. The fourth-order valence-corrected chi connectivity index (χ4v) is 5.39. The summed E-state index contributed by atoms with van der Waals surface area (Å²) in [5, 5.41) is 14.2. The summed E-state index contributed by atoms with van der Waals surface area (Å²) in [4.78, 5) is 27.0. The van der Waals surface area contributed by atoms with Crippen LogP contribution in [0.1, 0.15) is 72.5 Å². The van der Waals surface area contributed by atoms with E-state index in [1.165, 1.54) is 0 Å². The van der Waals surface area contributed by atoms with Crippen molar-refractivity contribution >= 4 is 23.3 Å². The third kappa shape index (κ3) is 6.43. The molecular weight excluding hydrogens is 514 g/mol. The van der Waals surface area contributed by atoms with Gasteiger partial charge in [0.1, 0.15) is 5.82 Å². The highest BCUT2D eigenvalue weighted by Crippen LogP contribution is 2.36. The van der Waals surface area contributed by atoms with Gasteiger partial charge in [0.2, 0.25) is 5.78 Å². The molecule has 0 spiro atoms. The Bertz CT molecular complexity index is 1520. The van der Waals surface area contributed by atoms with Gasteiger partial charge < -0.3 is 15.1 Å². The molecule has 0 aliphatic carbocycles. The number of aromatic nitrogens is 2. The van der Waals surface area contributed by atoms with E-state index in [9.17, 15) is 9.59 Å². The van der Waals surface area contributed by atoms with Crippen molar-refractivity contribution in [2.75, 3.05) is 23.7 Å². The minimum absolute atomic E-state index is 0.0160. The molecule has 0 bridgehead atoms. The van der Waals surface area contributed by atoms with Crippen LogP contribution >= 0.6 is 0 Å². The molecule has 2 aromatic heterocycles. The first-order valence-corrected chi connectivity index (χ1v) is 14.2. The van der Waals surface area contributed by atoms with Crippen LogP contribution in [0.3, 0.4) is 0 Å². The van der Waals surface area contributed by atoms with E-state index in [0.29, 0.717) is 17.3 Å². The average molecular weight is 554 g/mol. The molecule has 1 atom stereocenters. The molecule has 8 nitrogen and oxygen atoms in total. The molecule has 3 N–H and O–H groups in total. The third-order valence-corrected chi connectivity index (χ3v) is 7.73. The molecule has 214 valence electrons. The number of ketones is 1. The summed E-state index contributed by atoms with van der Waals surface area (Å²) in [7, 11) is 0. The first kappa shape index (κ1) is 28.4. The van der Waals surface area contributed by atoms with Gasteiger partial charge in [-0.15, -0.1) is 0 Å². The van der Waals surface area contributed by atoms with Crippen LogP contribution in [0.5, 0.6) is 0 Å². The zero-order chi connectivity index (χ0) is 29.1. The number of rotatable bonds is 7. The van der Waals surface area contributed by atoms with Gasteiger partial charge in [-0.3, -0.25) is 10.1 Å². The number of carbonyl (C=O) groups is 2. The lowest BCUT2D eigenvalue weighted by Gasteiger charge is -2.30. The van der Waals surface area contributed by atoms with Crippen LogP contribution in [0, 0.1) is 19.8 Å². The predicted octanol–water partition coefficient (Wildman–Crippen LogP) is 6.99. The fraction of sp³-hybridized carbons (Fsp3) is 0.364. The van der Waals surface area contributed by atoms with Crippen molar-refractivity contribution in [1.82, 2.24) is 15.1 Å². The van der Waals surface area contributed by atoms with Crippen LogP contribution in [0.2, 0.25) is 0 Å². The van der Waals surface area contributed by atoms with Crippen LogP contribution in [-0.4, -0.2) is 34.7 Å². The van der Waals surface area contributed by atoms with Crippen LogP contribution < -0.4 is 16.0 Å². The smallest absolute Gasteiger partial charge is 0.324 e. The number of benzene rings is 2. The van der Waals surface area contributed by atoms with Crippen LogP contribution in [0.25, 0.3) is 5.69 Å². The molecule has 41 heavy (non-hydrogen) atoms. The van der Waals surface area contributed by atoms with Crippen LogP contribution in [0.15, 0.2) is 71.3 Å². The lowest BCUT2D eigenvalue weighted by Crippen LogP contribution is -2.33. The number of piperidine rings is 1. The molecule has 1 unspecified atom stereocenters. The number of nitrogens with zero attached hydrogens (tertiary/aromatic N) is 2. The van der Waals surface area contributed by atoms with E-state index >= 15 is 0 Å². The zero-order valence-electron chi connectivity index (χ0n) is 24.5. The van der Waals surface area contributed by atoms with Crippen molar-refractivity contribution in [3.63, 3.8) is 0 Å². The summed E-state index contributed by atoms with van der Waals surface area (Å²) in [6.45, 7) is 11.9. The Morgan fingerprint density at radius 3 is 2.39 bits per heavy atom. The zero-order valence-corrected chi connectivity index (χ0v) is 24.5. The number of hydrogen-bond acceptors (Lipinski definition) is 5. The molecule has 2 aromatic carbocycles. The van der Waals surface area contributed by atoms with E-state index in [1.807, 2.05) is 74.5 Å². The maximum absolute atomic E-state index is 13.8. The van der Waals surface area contributed by atoms with Crippen LogP contribution in [-0.2, 0) is 5.41 Å². The number of anilines is 2. The molecule has 8 heteroatoms. The maximum Gasteiger partial charge on any atom is 0.324 e.